The van der Waals surface area contributed by atoms with Crippen LogP contribution in [0.25, 0.3) is 5.57 Å². The smallest absolute Gasteiger partial charge is 0.413 e. The van der Waals surface area contributed by atoms with Gasteiger partial charge < -0.3 is 9.47 Å². The molecule has 0 radical (unpaired) electrons. The molecule has 8 heteroatoms. The molecular formula is C15H20N2O5S. The predicted octanol–water partition coefficient (Wildman–Crippen LogP) is 3.03. The Labute approximate surface area is 138 Å². The van der Waals surface area contributed by atoms with Crippen LogP contribution in [0.15, 0.2) is 11.5 Å². The van der Waals surface area contributed by atoms with E-state index in [1.54, 1.807) is 33.1 Å². The number of anilines is 1. The molecule has 0 aliphatic carbocycles. The molecule has 0 bridgehead atoms. The molecule has 0 saturated carbocycles. The number of rotatable bonds is 5. The summed E-state index contributed by atoms with van der Waals surface area (Å²) < 4.78 is 10.0. The summed E-state index contributed by atoms with van der Waals surface area (Å²) in [6.45, 7) is 8.41. The maximum Gasteiger partial charge on any atom is 0.413 e. The maximum atomic E-state index is 11.9. The minimum absolute atomic E-state index is 0.0489. The summed E-state index contributed by atoms with van der Waals surface area (Å²) in [5, 5.41) is 4.29. The van der Waals surface area contributed by atoms with E-state index < -0.39 is 17.7 Å². The van der Waals surface area contributed by atoms with Gasteiger partial charge in [-0.25, -0.2) is 14.6 Å². The van der Waals surface area contributed by atoms with Gasteiger partial charge in [-0.15, -0.1) is 11.3 Å². The van der Waals surface area contributed by atoms with Gasteiger partial charge in [-0.1, -0.05) is 0 Å². The number of hydrogen-bond donors (Lipinski definition) is 1. The first-order chi connectivity index (χ1) is 10.6. The number of hydrogen-bond acceptors (Lipinski definition) is 7. The summed E-state index contributed by atoms with van der Waals surface area (Å²) in [5.41, 5.74) is -0.322. The topological polar surface area (TPSA) is 94.6 Å². The number of aromatic nitrogens is 1. The highest BCUT2D eigenvalue weighted by Crippen LogP contribution is 2.23. The molecule has 1 N–H and O–H groups in total. The van der Waals surface area contributed by atoms with Gasteiger partial charge in [0.2, 0.25) is 0 Å². The lowest BCUT2D eigenvalue weighted by atomic mass is 10.1. The molecular weight excluding hydrogens is 320 g/mol. The number of amides is 1. The fraction of sp³-hybridized carbons (Fsp3) is 0.467. The van der Waals surface area contributed by atoms with Crippen molar-refractivity contribution in [3.63, 3.8) is 0 Å². The highest BCUT2D eigenvalue weighted by Gasteiger charge is 2.20. The van der Waals surface area contributed by atoms with E-state index in [-0.39, 0.29) is 28.8 Å². The van der Waals surface area contributed by atoms with Crippen molar-refractivity contribution < 1.29 is 23.9 Å². The second-order valence-corrected chi connectivity index (χ2v) is 6.41. The average Bonchev–Trinajstić information content (AvgIpc) is 2.81. The third-order valence-corrected chi connectivity index (χ3v) is 2.99. The Morgan fingerprint density at radius 3 is 2.52 bits per heavy atom. The number of nitrogens with zero attached hydrogens (tertiary/aromatic N) is 1. The summed E-state index contributed by atoms with van der Waals surface area (Å²) in [4.78, 5) is 39.0. The Kier molecular flexibility index (Phi) is 6.44. The van der Waals surface area contributed by atoms with Crippen LogP contribution in [0.3, 0.4) is 0 Å². The molecule has 0 unspecified atom stereocenters. The third-order valence-electron chi connectivity index (χ3n) is 2.23. The van der Waals surface area contributed by atoms with Crippen LogP contribution in [0.5, 0.6) is 0 Å². The molecule has 1 heterocycles. The molecule has 1 aromatic heterocycles. The second kappa shape index (κ2) is 7.87. The lowest BCUT2D eigenvalue weighted by Gasteiger charge is -2.18. The van der Waals surface area contributed by atoms with Crippen molar-refractivity contribution in [2.75, 3.05) is 11.9 Å². The van der Waals surface area contributed by atoms with Gasteiger partial charge in [0.15, 0.2) is 10.9 Å². The highest BCUT2D eigenvalue weighted by molar-refractivity contribution is 7.14. The molecule has 0 aliphatic rings. The number of esters is 1. The zero-order chi connectivity index (χ0) is 17.6. The van der Waals surface area contributed by atoms with Crippen LogP contribution >= 0.6 is 11.3 Å². The van der Waals surface area contributed by atoms with Crippen molar-refractivity contribution in [2.24, 2.45) is 0 Å². The Bertz CT molecular complexity index is 628. The van der Waals surface area contributed by atoms with Gasteiger partial charge in [-0.05, 0) is 40.7 Å². The summed E-state index contributed by atoms with van der Waals surface area (Å²) in [6.07, 6.45) is 0.510. The first-order valence-corrected chi connectivity index (χ1v) is 7.85. The van der Waals surface area contributed by atoms with Gasteiger partial charge in [0, 0.05) is 5.38 Å². The fourth-order valence-corrected chi connectivity index (χ4v) is 2.19. The number of carbonyl (C=O) groups excluding carboxylic acids is 3. The van der Waals surface area contributed by atoms with E-state index in [9.17, 15) is 14.4 Å². The Hall–Kier alpha value is -2.22. The lowest BCUT2D eigenvalue weighted by Crippen LogP contribution is -2.27. The normalized spacial score (nSPS) is 11.8. The third kappa shape index (κ3) is 6.60. The van der Waals surface area contributed by atoms with E-state index in [2.05, 4.69) is 10.3 Å². The van der Waals surface area contributed by atoms with Crippen molar-refractivity contribution in [1.82, 2.24) is 4.98 Å². The van der Waals surface area contributed by atoms with E-state index in [4.69, 9.17) is 9.47 Å². The molecule has 1 rings (SSSR count). The molecule has 0 atom stereocenters. The van der Waals surface area contributed by atoms with Crippen LogP contribution in [0.2, 0.25) is 0 Å². The highest BCUT2D eigenvalue weighted by atomic mass is 32.1. The van der Waals surface area contributed by atoms with Crippen molar-refractivity contribution >= 4 is 39.9 Å². The van der Waals surface area contributed by atoms with Crippen molar-refractivity contribution in [3.05, 3.63) is 17.2 Å². The summed E-state index contributed by atoms with van der Waals surface area (Å²) in [6, 6.07) is 0. The van der Waals surface area contributed by atoms with Crippen LogP contribution in [0.4, 0.5) is 9.93 Å². The van der Waals surface area contributed by atoms with Gasteiger partial charge in [0.1, 0.15) is 5.60 Å². The van der Waals surface area contributed by atoms with E-state index in [0.717, 1.165) is 17.4 Å². The number of allylic oxidation sites excluding steroid dienone is 1. The second-order valence-electron chi connectivity index (χ2n) is 5.55. The molecule has 0 saturated heterocycles. The first-order valence-electron chi connectivity index (χ1n) is 6.97. The Balaban J connectivity index is 2.93. The van der Waals surface area contributed by atoms with Crippen molar-refractivity contribution in [2.45, 2.75) is 40.2 Å². The molecule has 0 fully saturated rings. The summed E-state index contributed by atoms with van der Waals surface area (Å²) in [5.74, 6) is -0.945. The molecule has 1 amide bonds. The van der Waals surface area contributed by atoms with E-state index in [1.807, 2.05) is 0 Å². The molecule has 1 aromatic rings. The molecule has 0 spiro atoms. The quantitative estimate of drug-likeness (QED) is 0.654. The molecule has 23 heavy (non-hydrogen) atoms. The number of ether oxygens (including phenoxy) is 2. The number of carbonyl (C=O) groups is 3. The number of ketones is 1. The van der Waals surface area contributed by atoms with Gasteiger partial charge >= 0.3 is 12.1 Å². The van der Waals surface area contributed by atoms with Crippen LogP contribution in [0, 0.1) is 0 Å². The standard InChI is InChI=1S/C15H20N2O5S/c1-6-21-12(19)10(7-9(2)18)11-8-23-13(16-11)17-14(20)22-15(3,4)5/h7-8H,6H2,1-5H3,(H,16,17,20). The van der Waals surface area contributed by atoms with E-state index >= 15 is 0 Å². The van der Waals surface area contributed by atoms with Crippen LogP contribution in [-0.2, 0) is 19.1 Å². The van der Waals surface area contributed by atoms with Gasteiger partial charge in [0.05, 0.1) is 17.9 Å². The van der Waals surface area contributed by atoms with Crippen LogP contribution < -0.4 is 5.32 Å². The average molecular weight is 340 g/mol. The van der Waals surface area contributed by atoms with Crippen LogP contribution in [-0.4, -0.2) is 35.0 Å². The SMILES string of the molecule is CCOC(=O)C(=CC(C)=O)c1csc(NC(=O)OC(C)(C)C)n1. The van der Waals surface area contributed by atoms with E-state index in [0.29, 0.717) is 0 Å². The van der Waals surface area contributed by atoms with Gasteiger partial charge in [-0.3, -0.25) is 10.1 Å². The number of thiazole rings is 1. The minimum Gasteiger partial charge on any atom is -0.462 e. The Morgan fingerprint density at radius 1 is 1.35 bits per heavy atom. The molecule has 126 valence electrons. The monoisotopic (exact) mass is 340 g/mol. The van der Waals surface area contributed by atoms with Crippen molar-refractivity contribution in [1.29, 1.82) is 0 Å². The molecule has 7 nitrogen and oxygen atoms in total. The van der Waals surface area contributed by atoms with E-state index in [1.165, 1.54) is 6.92 Å². The number of nitrogens with one attached hydrogen (secondary N) is 1. The molecule has 0 aliphatic heterocycles. The van der Waals surface area contributed by atoms with Crippen LogP contribution in [0.1, 0.15) is 40.3 Å². The fourth-order valence-electron chi connectivity index (χ4n) is 1.50. The zero-order valence-corrected chi connectivity index (χ0v) is 14.6. The summed E-state index contributed by atoms with van der Waals surface area (Å²) >= 11 is 1.11. The Morgan fingerprint density at radius 2 is 2.00 bits per heavy atom. The van der Waals surface area contributed by atoms with Gasteiger partial charge in [0.25, 0.3) is 0 Å². The first kappa shape index (κ1) is 18.8. The lowest BCUT2D eigenvalue weighted by molar-refractivity contribution is -0.136. The molecule has 0 aromatic carbocycles. The van der Waals surface area contributed by atoms with Gasteiger partial charge in [-0.2, -0.15) is 0 Å². The minimum atomic E-state index is -0.647. The largest absolute Gasteiger partial charge is 0.462 e. The predicted molar refractivity (Wildman–Crippen MR) is 87.3 cm³/mol. The van der Waals surface area contributed by atoms with Crippen molar-refractivity contribution in [3.8, 4) is 0 Å². The summed E-state index contributed by atoms with van der Waals surface area (Å²) in [7, 11) is 0. The zero-order valence-electron chi connectivity index (χ0n) is 13.8. The maximum absolute atomic E-state index is 11.9.